The first-order valence-electron chi connectivity index (χ1n) is 6.85. The predicted molar refractivity (Wildman–Crippen MR) is 79.3 cm³/mol. The Labute approximate surface area is 123 Å². The van der Waals surface area contributed by atoms with Crippen molar-refractivity contribution in [1.29, 1.82) is 0 Å². The van der Waals surface area contributed by atoms with Gasteiger partial charge in [0.25, 0.3) is 5.91 Å². The number of amides is 1. The van der Waals surface area contributed by atoms with E-state index in [0.29, 0.717) is 13.1 Å². The number of ether oxygens (including phenoxy) is 1. The molecular formula is C14H21N3O4. The molecule has 0 fully saturated rings. The maximum Gasteiger partial charge on any atom is 0.310 e. The highest BCUT2D eigenvalue weighted by Crippen LogP contribution is 2.28. The molecular weight excluding hydrogens is 274 g/mol. The SMILES string of the molecule is CCCNC(=O)C(C)Oc1cc(CNC)ccc1[N+](=O)[O-]. The zero-order valence-electron chi connectivity index (χ0n) is 12.5. The van der Waals surface area contributed by atoms with Gasteiger partial charge in [-0.25, -0.2) is 0 Å². The lowest BCUT2D eigenvalue weighted by atomic mass is 10.2. The van der Waals surface area contributed by atoms with Crippen LogP contribution in [0.25, 0.3) is 0 Å². The summed E-state index contributed by atoms with van der Waals surface area (Å²) in [6, 6.07) is 4.63. The highest BCUT2D eigenvalue weighted by Gasteiger charge is 2.21. The molecule has 0 aliphatic carbocycles. The third-order valence-corrected chi connectivity index (χ3v) is 2.82. The van der Waals surface area contributed by atoms with Crippen LogP contribution >= 0.6 is 0 Å². The molecule has 21 heavy (non-hydrogen) atoms. The van der Waals surface area contributed by atoms with Crippen LogP contribution in [0.3, 0.4) is 0 Å². The largest absolute Gasteiger partial charge is 0.474 e. The number of benzene rings is 1. The quantitative estimate of drug-likeness (QED) is 0.561. The van der Waals surface area contributed by atoms with Crippen LogP contribution in [0.2, 0.25) is 0 Å². The number of hydrogen-bond donors (Lipinski definition) is 2. The Kier molecular flexibility index (Phi) is 6.61. The van der Waals surface area contributed by atoms with Gasteiger partial charge in [0.2, 0.25) is 0 Å². The zero-order chi connectivity index (χ0) is 15.8. The molecule has 0 radical (unpaired) electrons. The van der Waals surface area contributed by atoms with E-state index in [2.05, 4.69) is 10.6 Å². The summed E-state index contributed by atoms with van der Waals surface area (Å²) in [5.41, 5.74) is 0.698. The second-order valence-corrected chi connectivity index (χ2v) is 4.64. The highest BCUT2D eigenvalue weighted by atomic mass is 16.6. The van der Waals surface area contributed by atoms with Gasteiger partial charge < -0.3 is 15.4 Å². The van der Waals surface area contributed by atoms with E-state index in [0.717, 1.165) is 12.0 Å². The number of nitrogens with one attached hydrogen (secondary N) is 2. The highest BCUT2D eigenvalue weighted by molar-refractivity contribution is 5.80. The Morgan fingerprint density at radius 3 is 2.76 bits per heavy atom. The molecule has 0 saturated carbocycles. The van der Waals surface area contributed by atoms with Gasteiger partial charge in [-0.1, -0.05) is 13.0 Å². The molecule has 0 aliphatic heterocycles. The average molecular weight is 295 g/mol. The number of hydrogen-bond acceptors (Lipinski definition) is 5. The van der Waals surface area contributed by atoms with Crippen LogP contribution in [-0.2, 0) is 11.3 Å². The van der Waals surface area contributed by atoms with Crippen LogP contribution in [0, 0.1) is 10.1 Å². The number of nitrogens with zero attached hydrogens (tertiary/aromatic N) is 1. The summed E-state index contributed by atoms with van der Waals surface area (Å²) in [7, 11) is 1.78. The van der Waals surface area contributed by atoms with Crippen LogP contribution in [0.4, 0.5) is 5.69 Å². The summed E-state index contributed by atoms with van der Waals surface area (Å²) in [6.07, 6.45) is 0.0241. The minimum Gasteiger partial charge on any atom is -0.474 e. The van der Waals surface area contributed by atoms with E-state index in [4.69, 9.17) is 4.74 Å². The molecule has 7 nitrogen and oxygen atoms in total. The number of carbonyl (C=O) groups excluding carboxylic acids is 1. The van der Waals surface area contributed by atoms with Gasteiger partial charge in [0, 0.05) is 19.2 Å². The van der Waals surface area contributed by atoms with Crippen molar-refractivity contribution >= 4 is 11.6 Å². The second-order valence-electron chi connectivity index (χ2n) is 4.64. The molecule has 1 aromatic carbocycles. The molecule has 0 aliphatic rings. The monoisotopic (exact) mass is 295 g/mol. The van der Waals surface area contributed by atoms with E-state index in [1.807, 2.05) is 6.92 Å². The molecule has 116 valence electrons. The van der Waals surface area contributed by atoms with Crippen molar-refractivity contribution in [1.82, 2.24) is 10.6 Å². The Morgan fingerprint density at radius 2 is 2.19 bits per heavy atom. The minimum absolute atomic E-state index is 0.104. The third kappa shape index (κ3) is 5.03. The maximum atomic E-state index is 11.8. The van der Waals surface area contributed by atoms with Gasteiger partial charge in [-0.15, -0.1) is 0 Å². The lowest BCUT2D eigenvalue weighted by molar-refractivity contribution is -0.386. The maximum absolute atomic E-state index is 11.8. The third-order valence-electron chi connectivity index (χ3n) is 2.82. The van der Waals surface area contributed by atoms with Crippen molar-refractivity contribution in [2.45, 2.75) is 32.9 Å². The van der Waals surface area contributed by atoms with Gasteiger partial charge in [0.1, 0.15) is 0 Å². The Bertz CT molecular complexity index is 505. The summed E-state index contributed by atoms with van der Waals surface area (Å²) in [5.74, 6) is -0.183. The molecule has 1 rings (SSSR count). The van der Waals surface area contributed by atoms with Crippen molar-refractivity contribution in [3.8, 4) is 5.75 Å². The summed E-state index contributed by atoms with van der Waals surface area (Å²) in [6.45, 7) is 4.62. The molecule has 1 aromatic rings. The van der Waals surface area contributed by atoms with Gasteiger partial charge in [-0.3, -0.25) is 14.9 Å². The van der Waals surface area contributed by atoms with Crippen LogP contribution in [0.1, 0.15) is 25.8 Å². The smallest absolute Gasteiger partial charge is 0.310 e. The van der Waals surface area contributed by atoms with Crippen LogP contribution in [0.5, 0.6) is 5.75 Å². The number of carbonyl (C=O) groups is 1. The zero-order valence-corrected chi connectivity index (χ0v) is 12.5. The van der Waals surface area contributed by atoms with E-state index in [-0.39, 0.29) is 17.3 Å². The Hall–Kier alpha value is -2.15. The molecule has 0 bridgehead atoms. The summed E-state index contributed by atoms with van der Waals surface area (Å²) in [5, 5.41) is 16.7. The topological polar surface area (TPSA) is 93.5 Å². The van der Waals surface area contributed by atoms with Crippen molar-refractivity contribution in [3.05, 3.63) is 33.9 Å². The normalized spacial score (nSPS) is 11.8. The van der Waals surface area contributed by atoms with Crippen molar-refractivity contribution < 1.29 is 14.5 Å². The lowest BCUT2D eigenvalue weighted by Gasteiger charge is -2.15. The van der Waals surface area contributed by atoms with Crippen molar-refractivity contribution in [3.63, 3.8) is 0 Å². The summed E-state index contributed by atoms with van der Waals surface area (Å²) >= 11 is 0. The van der Waals surface area contributed by atoms with E-state index in [9.17, 15) is 14.9 Å². The molecule has 1 unspecified atom stereocenters. The Balaban J connectivity index is 2.90. The summed E-state index contributed by atoms with van der Waals surface area (Å²) in [4.78, 5) is 22.3. The molecule has 0 aromatic heterocycles. The summed E-state index contributed by atoms with van der Waals surface area (Å²) < 4.78 is 5.47. The second kappa shape index (κ2) is 8.21. The first-order valence-corrected chi connectivity index (χ1v) is 6.85. The van der Waals surface area contributed by atoms with Crippen LogP contribution in [-0.4, -0.2) is 30.5 Å². The van der Waals surface area contributed by atoms with E-state index >= 15 is 0 Å². The number of rotatable bonds is 8. The molecule has 7 heteroatoms. The minimum atomic E-state index is -0.792. The molecule has 1 atom stereocenters. The van der Waals surface area contributed by atoms with Crippen molar-refractivity contribution in [2.75, 3.05) is 13.6 Å². The number of nitro groups is 1. The fourth-order valence-corrected chi connectivity index (χ4v) is 1.75. The first kappa shape index (κ1) is 16.9. The van der Waals surface area contributed by atoms with Crippen LogP contribution < -0.4 is 15.4 Å². The van der Waals surface area contributed by atoms with Crippen LogP contribution in [0.15, 0.2) is 18.2 Å². The van der Waals surface area contributed by atoms with Gasteiger partial charge >= 0.3 is 5.69 Å². The lowest BCUT2D eigenvalue weighted by Crippen LogP contribution is -2.36. The van der Waals surface area contributed by atoms with E-state index in [1.165, 1.54) is 6.07 Å². The standard InChI is InChI=1S/C14H21N3O4/c1-4-7-16-14(18)10(2)21-13-8-11(9-15-3)5-6-12(13)17(19)20/h5-6,8,10,15H,4,7,9H2,1-3H3,(H,16,18). The number of nitro benzene ring substituents is 1. The molecule has 1 amide bonds. The molecule has 0 spiro atoms. The Morgan fingerprint density at radius 1 is 1.48 bits per heavy atom. The van der Waals surface area contributed by atoms with Gasteiger partial charge in [-0.2, -0.15) is 0 Å². The fraction of sp³-hybridized carbons (Fsp3) is 0.500. The average Bonchev–Trinajstić information content (AvgIpc) is 2.44. The van der Waals surface area contributed by atoms with E-state index < -0.39 is 11.0 Å². The first-order chi connectivity index (χ1) is 9.99. The van der Waals surface area contributed by atoms with Gasteiger partial charge in [-0.05, 0) is 32.0 Å². The fourth-order valence-electron chi connectivity index (χ4n) is 1.75. The van der Waals surface area contributed by atoms with E-state index in [1.54, 1.807) is 26.1 Å². The van der Waals surface area contributed by atoms with Crippen molar-refractivity contribution in [2.24, 2.45) is 0 Å². The molecule has 2 N–H and O–H groups in total. The molecule has 0 saturated heterocycles. The van der Waals surface area contributed by atoms with Gasteiger partial charge in [0.05, 0.1) is 4.92 Å². The predicted octanol–water partition coefficient (Wildman–Crippen LogP) is 1.61. The van der Waals surface area contributed by atoms with Gasteiger partial charge in [0.15, 0.2) is 11.9 Å². The molecule has 0 heterocycles.